The Morgan fingerprint density at radius 3 is 2.69 bits per heavy atom. The summed E-state index contributed by atoms with van der Waals surface area (Å²) in [6.45, 7) is 0.525. The van der Waals surface area contributed by atoms with Crippen LogP contribution in [0.2, 0.25) is 0 Å². The lowest BCUT2D eigenvalue weighted by Crippen LogP contribution is -2.39. The highest BCUT2D eigenvalue weighted by molar-refractivity contribution is 7.14. The Balaban J connectivity index is 1.65. The lowest BCUT2D eigenvalue weighted by molar-refractivity contribution is -0.135. The van der Waals surface area contributed by atoms with E-state index in [2.05, 4.69) is 10.3 Å². The van der Waals surface area contributed by atoms with Gasteiger partial charge >= 0.3 is 0 Å². The first-order chi connectivity index (χ1) is 12.5. The number of likely N-dealkylation sites (tertiary alicyclic amines) is 1. The Morgan fingerprint density at radius 2 is 1.92 bits per heavy atom. The SMILES string of the molecule is O=C(CN1CCCCCCC1=O)Nc1nc(-c2c(F)cccc2F)cs1. The van der Waals surface area contributed by atoms with E-state index in [1.807, 2.05) is 0 Å². The number of anilines is 1. The van der Waals surface area contributed by atoms with E-state index in [9.17, 15) is 18.4 Å². The monoisotopic (exact) mass is 379 g/mol. The van der Waals surface area contributed by atoms with Gasteiger partial charge in [-0.3, -0.25) is 9.59 Å². The molecular formula is C18H19F2N3O2S. The number of rotatable bonds is 4. The van der Waals surface area contributed by atoms with Crippen molar-refractivity contribution in [3.8, 4) is 11.3 Å². The molecule has 1 N–H and O–H groups in total. The molecule has 0 unspecified atom stereocenters. The fourth-order valence-corrected chi connectivity index (χ4v) is 3.62. The molecule has 0 radical (unpaired) electrons. The molecule has 0 atom stereocenters. The van der Waals surface area contributed by atoms with Crippen molar-refractivity contribution in [1.29, 1.82) is 0 Å². The number of carbonyl (C=O) groups excluding carboxylic acids is 2. The lowest BCUT2D eigenvalue weighted by atomic mass is 10.1. The van der Waals surface area contributed by atoms with Crippen LogP contribution in [0.1, 0.15) is 32.1 Å². The Morgan fingerprint density at radius 1 is 1.19 bits per heavy atom. The first-order valence-electron chi connectivity index (χ1n) is 8.52. The van der Waals surface area contributed by atoms with Gasteiger partial charge in [-0.1, -0.05) is 18.9 Å². The van der Waals surface area contributed by atoms with E-state index in [-0.39, 0.29) is 34.7 Å². The predicted molar refractivity (Wildman–Crippen MR) is 95.8 cm³/mol. The molecule has 1 saturated heterocycles. The van der Waals surface area contributed by atoms with Gasteiger partial charge in [0.15, 0.2) is 5.13 Å². The fourth-order valence-electron chi connectivity index (χ4n) is 2.90. The van der Waals surface area contributed by atoms with Gasteiger partial charge in [0, 0.05) is 18.3 Å². The second-order valence-electron chi connectivity index (χ2n) is 6.16. The van der Waals surface area contributed by atoms with Crippen molar-refractivity contribution in [2.24, 2.45) is 0 Å². The van der Waals surface area contributed by atoms with Crippen molar-refractivity contribution < 1.29 is 18.4 Å². The molecule has 1 aliphatic rings. The van der Waals surface area contributed by atoms with Gasteiger partial charge in [-0.05, 0) is 25.0 Å². The molecule has 1 aromatic heterocycles. The van der Waals surface area contributed by atoms with Gasteiger partial charge < -0.3 is 10.2 Å². The van der Waals surface area contributed by atoms with E-state index in [1.54, 1.807) is 4.90 Å². The van der Waals surface area contributed by atoms with E-state index in [0.29, 0.717) is 13.0 Å². The van der Waals surface area contributed by atoms with Crippen LogP contribution in [-0.4, -0.2) is 34.8 Å². The van der Waals surface area contributed by atoms with Gasteiger partial charge in [0.05, 0.1) is 17.8 Å². The second kappa shape index (κ2) is 8.35. The average molecular weight is 379 g/mol. The molecule has 2 heterocycles. The molecule has 5 nitrogen and oxygen atoms in total. The van der Waals surface area contributed by atoms with E-state index in [4.69, 9.17) is 0 Å². The molecule has 8 heteroatoms. The van der Waals surface area contributed by atoms with Gasteiger partial charge in [-0.15, -0.1) is 11.3 Å². The summed E-state index contributed by atoms with van der Waals surface area (Å²) in [7, 11) is 0. The van der Waals surface area contributed by atoms with Gasteiger partial charge in [0.1, 0.15) is 11.6 Å². The van der Waals surface area contributed by atoms with Crippen LogP contribution in [0.5, 0.6) is 0 Å². The van der Waals surface area contributed by atoms with Gasteiger partial charge in [0.25, 0.3) is 0 Å². The number of amides is 2. The van der Waals surface area contributed by atoms with Gasteiger partial charge in [-0.25, -0.2) is 13.8 Å². The van der Waals surface area contributed by atoms with Crippen molar-refractivity contribution >= 4 is 28.3 Å². The molecule has 0 spiro atoms. The van der Waals surface area contributed by atoms with Crippen molar-refractivity contribution in [1.82, 2.24) is 9.88 Å². The first kappa shape index (κ1) is 18.4. The topological polar surface area (TPSA) is 62.3 Å². The quantitative estimate of drug-likeness (QED) is 0.878. The lowest BCUT2D eigenvalue weighted by Gasteiger charge is -2.23. The number of nitrogens with zero attached hydrogens (tertiary/aromatic N) is 2. The van der Waals surface area contributed by atoms with Crippen molar-refractivity contribution in [3.05, 3.63) is 35.2 Å². The summed E-state index contributed by atoms with van der Waals surface area (Å²) in [5.74, 6) is -1.80. The number of nitrogens with one attached hydrogen (secondary N) is 1. The molecule has 1 fully saturated rings. The van der Waals surface area contributed by atoms with Crippen molar-refractivity contribution in [2.45, 2.75) is 32.1 Å². The largest absolute Gasteiger partial charge is 0.333 e. The molecule has 0 aliphatic carbocycles. The van der Waals surface area contributed by atoms with E-state index in [1.165, 1.54) is 11.4 Å². The minimum absolute atomic E-state index is 0.0203. The zero-order chi connectivity index (χ0) is 18.5. The maximum atomic E-state index is 13.8. The molecule has 0 bridgehead atoms. The summed E-state index contributed by atoms with van der Waals surface area (Å²) in [4.78, 5) is 29.9. The summed E-state index contributed by atoms with van der Waals surface area (Å²) >= 11 is 1.08. The number of benzene rings is 1. The third-order valence-electron chi connectivity index (χ3n) is 4.23. The molecular weight excluding hydrogens is 360 g/mol. The van der Waals surface area contributed by atoms with Crippen LogP contribution < -0.4 is 5.32 Å². The third kappa shape index (κ3) is 4.43. The van der Waals surface area contributed by atoms with Gasteiger partial charge in [0.2, 0.25) is 11.8 Å². The summed E-state index contributed by atoms with van der Waals surface area (Å²) in [5.41, 5.74) is -0.0913. The Kier molecular flexibility index (Phi) is 5.92. The average Bonchev–Trinajstić information content (AvgIpc) is 3.02. The Labute approximate surface area is 154 Å². The molecule has 26 heavy (non-hydrogen) atoms. The summed E-state index contributed by atoms with van der Waals surface area (Å²) < 4.78 is 27.6. The van der Waals surface area contributed by atoms with E-state index >= 15 is 0 Å². The standard InChI is InChI=1S/C18H19F2N3O2S/c19-12-6-5-7-13(20)17(12)14-11-26-18(21-14)22-15(24)10-23-9-4-2-1-3-8-16(23)25/h5-7,11H,1-4,8-10H2,(H,21,22,24). The van der Waals surface area contributed by atoms with Crippen LogP contribution in [0.4, 0.5) is 13.9 Å². The Bertz CT molecular complexity index is 789. The Hall–Kier alpha value is -2.35. The first-order valence-corrected chi connectivity index (χ1v) is 9.40. The summed E-state index contributed by atoms with van der Waals surface area (Å²) in [5, 5.41) is 4.33. The third-order valence-corrected chi connectivity index (χ3v) is 4.98. The van der Waals surface area contributed by atoms with Crippen LogP contribution >= 0.6 is 11.3 Å². The highest BCUT2D eigenvalue weighted by Crippen LogP contribution is 2.29. The second-order valence-corrected chi connectivity index (χ2v) is 7.02. The van der Waals surface area contributed by atoms with Crippen LogP contribution in [-0.2, 0) is 9.59 Å². The highest BCUT2D eigenvalue weighted by Gasteiger charge is 2.20. The molecule has 138 valence electrons. The molecule has 1 aliphatic heterocycles. The zero-order valence-corrected chi connectivity index (χ0v) is 15.0. The number of hydrogen-bond acceptors (Lipinski definition) is 4. The maximum absolute atomic E-state index is 13.8. The number of halogens is 2. The molecule has 2 aromatic rings. The fraction of sp³-hybridized carbons (Fsp3) is 0.389. The highest BCUT2D eigenvalue weighted by atomic mass is 32.1. The van der Waals surface area contributed by atoms with Gasteiger partial charge in [-0.2, -0.15) is 0 Å². The number of hydrogen-bond donors (Lipinski definition) is 1. The van der Waals surface area contributed by atoms with Crippen LogP contribution in [0.3, 0.4) is 0 Å². The zero-order valence-electron chi connectivity index (χ0n) is 14.1. The minimum atomic E-state index is -0.709. The molecule has 2 amide bonds. The number of aromatic nitrogens is 1. The van der Waals surface area contributed by atoms with E-state index in [0.717, 1.165) is 49.2 Å². The predicted octanol–water partition coefficient (Wildman–Crippen LogP) is 3.82. The van der Waals surface area contributed by atoms with Crippen LogP contribution in [0.25, 0.3) is 11.3 Å². The van der Waals surface area contributed by atoms with Crippen LogP contribution in [0.15, 0.2) is 23.6 Å². The van der Waals surface area contributed by atoms with Crippen molar-refractivity contribution in [3.63, 3.8) is 0 Å². The molecule has 3 rings (SSSR count). The number of carbonyl (C=O) groups is 2. The molecule has 1 aromatic carbocycles. The normalized spacial score (nSPS) is 15.5. The van der Waals surface area contributed by atoms with Crippen molar-refractivity contribution in [2.75, 3.05) is 18.4 Å². The number of thiazole rings is 1. The van der Waals surface area contributed by atoms with E-state index < -0.39 is 11.6 Å². The van der Waals surface area contributed by atoms with Crippen LogP contribution in [0, 0.1) is 11.6 Å². The maximum Gasteiger partial charge on any atom is 0.245 e. The summed E-state index contributed by atoms with van der Waals surface area (Å²) in [6.07, 6.45) is 4.28. The minimum Gasteiger partial charge on any atom is -0.333 e. The smallest absolute Gasteiger partial charge is 0.245 e. The summed E-state index contributed by atoms with van der Waals surface area (Å²) in [6, 6.07) is 3.59. The molecule has 0 saturated carbocycles.